The lowest BCUT2D eigenvalue weighted by Gasteiger charge is -2.46. The van der Waals surface area contributed by atoms with Gasteiger partial charge in [-0.1, -0.05) is 0 Å². The number of nitrogens with zero attached hydrogens (tertiary/aromatic N) is 3. The van der Waals surface area contributed by atoms with Gasteiger partial charge in [-0.25, -0.2) is 0 Å². The number of hydrogen-bond acceptors (Lipinski definition) is 5. The summed E-state index contributed by atoms with van der Waals surface area (Å²) in [5, 5.41) is 3.85. The summed E-state index contributed by atoms with van der Waals surface area (Å²) in [5.74, 6) is -0.0188. The first-order valence-electron chi connectivity index (χ1n) is 12.1. The number of nitrogens with one attached hydrogen (secondary N) is 1. The van der Waals surface area contributed by atoms with E-state index in [4.69, 9.17) is 4.74 Å². The molecule has 2 atom stereocenters. The summed E-state index contributed by atoms with van der Waals surface area (Å²) >= 11 is 0. The fourth-order valence-electron chi connectivity index (χ4n) is 5.81. The molecule has 3 saturated heterocycles. The van der Waals surface area contributed by atoms with Gasteiger partial charge in [0.1, 0.15) is 0 Å². The summed E-state index contributed by atoms with van der Waals surface area (Å²) < 4.78 is 46.6. The third-order valence-corrected chi connectivity index (χ3v) is 7.73. The van der Waals surface area contributed by atoms with Gasteiger partial charge in [0, 0.05) is 36.9 Å². The van der Waals surface area contributed by atoms with Gasteiger partial charge in [0.05, 0.1) is 23.7 Å². The van der Waals surface area contributed by atoms with Crippen molar-refractivity contribution in [1.29, 1.82) is 0 Å². The van der Waals surface area contributed by atoms with E-state index in [0.29, 0.717) is 29.6 Å². The number of fused-ring (bicyclic) bond motifs is 1. The second kappa shape index (κ2) is 9.00. The lowest BCUT2D eigenvalue weighted by atomic mass is 9.71. The molecule has 4 heterocycles. The number of carbonyl (C=O) groups excluding carboxylic acids is 1. The minimum Gasteiger partial charge on any atom is -0.365 e. The number of piperidine rings is 2. The van der Waals surface area contributed by atoms with Gasteiger partial charge in [0.25, 0.3) is 5.91 Å². The molecular weight excluding hydrogens is 445 g/mol. The number of ether oxygens (including phenoxy) is 1. The van der Waals surface area contributed by atoms with Crippen molar-refractivity contribution in [3.8, 4) is 0 Å². The molecule has 0 unspecified atom stereocenters. The highest BCUT2D eigenvalue weighted by molar-refractivity contribution is 5.94. The zero-order valence-corrected chi connectivity index (χ0v) is 19.4. The van der Waals surface area contributed by atoms with E-state index in [9.17, 15) is 18.0 Å². The number of carbonyl (C=O) groups is 1. The highest BCUT2D eigenvalue weighted by Crippen LogP contribution is 2.40. The Bertz CT molecular complexity index is 1040. The quantitative estimate of drug-likeness (QED) is 0.714. The first-order valence-corrected chi connectivity index (χ1v) is 12.1. The number of rotatable bonds is 2. The summed E-state index contributed by atoms with van der Waals surface area (Å²) in [4.78, 5) is 21.3. The first-order chi connectivity index (χ1) is 16.3. The Kier molecular flexibility index (Phi) is 6.18. The van der Waals surface area contributed by atoms with Crippen molar-refractivity contribution in [2.24, 2.45) is 5.41 Å². The van der Waals surface area contributed by atoms with Crippen LogP contribution in [0, 0.1) is 5.41 Å². The van der Waals surface area contributed by atoms with E-state index in [1.165, 1.54) is 12.3 Å². The lowest BCUT2D eigenvalue weighted by Crippen LogP contribution is -2.56. The molecule has 1 aromatic heterocycles. The molecule has 1 N–H and O–H groups in total. The van der Waals surface area contributed by atoms with Crippen LogP contribution >= 0.6 is 0 Å². The van der Waals surface area contributed by atoms with E-state index in [-0.39, 0.29) is 17.5 Å². The minimum atomic E-state index is -4.48. The molecule has 184 valence electrons. The van der Waals surface area contributed by atoms with Crippen LogP contribution in [0.3, 0.4) is 0 Å². The molecule has 0 bridgehead atoms. The largest absolute Gasteiger partial charge is 0.418 e. The second-order valence-corrected chi connectivity index (χ2v) is 9.95. The van der Waals surface area contributed by atoms with Crippen LogP contribution < -0.4 is 10.2 Å². The van der Waals surface area contributed by atoms with E-state index in [1.807, 2.05) is 16.7 Å². The third-order valence-electron chi connectivity index (χ3n) is 7.73. The van der Waals surface area contributed by atoms with Gasteiger partial charge < -0.3 is 19.9 Å². The van der Waals surface area contributed by atoms with Crippen molar-refractivity contribution >= 4 is 22.5 Å². The lowest BCUT2D eigenvalue weighted by molar-refractivity contribution is -0.150. The predicted molar refractivity (Wildman–Crippen MR) is 124 cm³/mol. The molecule has 6 nitrogen and oxygen atoms in total. The van der Waals surface area contributed by atoms with Crippen LogP contribution in [0.25, 0.3) is 10.9 Å². The number of morpholine rings is 1. The van der Waals surface area contributed by atoms with Crippen molar-refractivity contribution in [3.05, 3.63) is 36.0 Å². The van der Waals surface area contributed by atoms with E-state index in [1.54, 1.807) is 12.1 Å². The predicted octanol–water partition coefficient (Wildman–Crippen LogP) is 3.84. The van der Waals surface area contributed by atoms with Gasteiger partial charge in [-0.2, -0.15) is 13.2 Å². The third kappa shape index (κ3) is 4.47. The number of pyridine rings is 1. The molecule has 1 spiro atoms. The SMILES string of the molecule is C[C@@H]1CN(c2ccc(C(F)(F)F)c3ncccc23)C[C@H](C(=O)N2CCC3(CCNCC3)CC2)O1. The van der Waals surface area contributed by atoms with Crippen molar-refractivity contribution in [2.45, 2.75) is 51.0 Å². The van der Waals surface area contributed by atoms with Crippen LogP contribution in [0.15, 0.2) is 30.5 Å². The van der Waals surface area contributed by atoms with E-state index >= 15 is 0 Å². The maximum absolute atomic E-state index is 13.5. The zero-order valence-electron chi connectivity index (χ0n) is 19.4. The topological polar surface area (TPSA) is 57.7 Å². The van der Waals surface area contributed by atoms with E-state index < -0.39 is 17.8 Å². The fourth-order valence-corrected chi connectivity index (χ4v) is 5.81. The van der Waals surface area contributed by atoms with Crippen molar-refractivity contribution in [3.63, 3.8) is 0 Å². The minimum absolute atomic E-state index is 0.0188. The van der Waals surface area contributed by atoms with Crippen LogP contribution in [0.1, 0.15) is 38.2 Å². The zero-order chi connectivity index (χ0) is 23.9. The Morgan fingerprint density at radius 3 is 2.56 bits per heavy atom. The summed E-state index contributed by atoms with van der Waals surface area (Å²) in [7, 11) is 0. The van der Waals surface area contributed by atoms with Crippen molar-refractivity contribution in [1.82, 2.24) is 15.2 Å². The molecule has 3 aliphatic rings. The monoisotopic (exact) mass is 476 g/mol. The molecule has 0 radical (unpaired) electrons. The van der Waals surface area contributed by atoms with Crippen molar-refractivity contribution < 1.29 is 22.7 Å². The molecule has 3 aliphatic heterocycles. The molecule has 34 heavy (non-hydrogen) atoms. The molecule has 1 aromatic carbocycles. The number of likely N-dealkylation sites (tertiary alicyclic amines) is 1. The normalized spacial score (nSPS) is 25.6. The van der Waals surface area contributed by atoms with Crippen LogP contribution in [-0.2, 0) is 15.7 Å². The maximum atomic E-state index is 13.5. The number of aromatic nitrogens is 1. The van der Waals surface area contributed by atoms with Crippen LogP contribution in [-0.4, -0.2) is 67.3 Å². The van der Waals surface area contributed by atoms with Gasteiger partial charge in [0.15, 0.2) is 6.10 Å². The van der Waals surface area contributed by atoms with Crippen molar-refractivity contribution in [2.75, 3.05) is 44.2 Å². The summed E-state index contributed by atoms with van der Waals surface area (Å²) in [6, 6.07) is 5.88. The Morgan fingerprint density at radius 1 is 1.12 bits per heavy atom. The molecule has 0 saturated carbocycles. The fraction of sp³-hybridized carbons (Fsp3) is 0.600. The summed E-state index contributed by atoms with van der Waals surface area (Å²) in [5.41, 5.74) is 0.177. The Labute approximate surface area is 197 Å². The van der Waals surface area contributed by atoms with Crippen LogP contribution in [0.2, 0.25) is 0 Å². The van der Waals surface area contributed by atoms with E-state index in [0.717, 1.165) is 57.9 Å². The number of anilines is 1. The highest BCUT2D eigenvalue weighted by Gasteiger charge is 2.40. The van der Waals surface area contributed by atoms with Crippen LogP contribution in [0.5, 0.6) is 0 Å². The summed E-state index contributed by atoms with van der Waals surface area (Å²) in [6.45, 7) is 6.27. The van der Waals surface area contributed by atoms with Gasteiger partial charge in [0.2, 0.25) is 0 Å². The smallest absolute Gasteiger partial charge is 0.365 e. The second-order valence-electron chi connectivity index (χ2n) is 9.95. The van der Waals surface area contributed by atoms with E-state index in [2.05, 4.69) is 10.3 Å². The maximum Gasteiger partial charge on any atom is 0.418 e. The number of benzene rings is 1. The number of halogens is 3. The Morgan fingerprint density at radius 2 is 1.85 bits per heavy atom. The molecule has 3 fully saturated rings. The number of hydrogen-bond donors (Lipinski definition) is 1. The summed E-state index contributed by atoms with van der Waals surface area (Å²) in [6.07, 6.45) is 0.382. The van der Waals surface area contributed by atoms with Gasteiger partial charge in [-0.15, -0.1) is 0 Å². The Hall–Kier alpha value is -2.39. The molecule has 1 amide bonds. The molecule has 5 rings (SSSR count). The number of amides is 1. The first kappa shape index (κ1) is 23.4. The average molecular weight is 477 g/mol. The standard InChI is InChI=1S/C25H31F3N4O2/c1-17-15-32(20-5-4-19(25(26,27)28)22-18(20)3-2-10-30-22)16-21(34-17)23(33)31-13-8-24(9-14-31)6-11-29-12-7-24/h2-5,10,17,21,29H,6-9,11-16H2,1H3/t17-,21-/m1/s1. The van der Waals surface area contributed by atoms with Gasteiger partial charge in [-0.3, -0.25) is 9.78 Å². The molecule has 0 aliphatic carbocycles. The highest BCUT2D eigenvalue weighted by atomic mass is 19.4. The Balaban J connectivity index is 1.34. The average Bonchev–Trinajstić information content (AvgIpc) is 2.83. The van der Waals surface area contributed by atoms with Crippen LogP contribution in [0.4, 0.5) is 18.9 Å². The van der Waals surface area contributed by atoms with Gasteiger partial charge in [-0.05, 0) is 75.4 Å². The molecular formula is C25H31F3N4O2. The molecule has 9 heteroatoms. The number of alkyl halides is 3. The van der Waals surface area contributed by atoms with Gasteiger partial charge >= 0.3 is 6.18 Å². The molecule has 2 aromatic rings.